The van der Waals surface area contributed by atoms with Crippen LogP contribution in [0.1, 0.15) is 0 Å². The molecule has 4 nitrogen and oxygen atoms in total. The lowest BCUT2D eigenvalue weighted by Gasteiger charge is -2.17. The number of halogens is 15. The number of benzene rings is 3. The lowest BCUT2D eigenvalue weighted by Crippen LogP contribution is -2.29. The minimum Gasteiger partial charge on any atom is -0.245 e. The maximum Gasteiger partial charge on any atom is 0.356 e. The van der Waals surface area contributed by atoms with Crippen LogP contribution in [0.4, 0.5) is 65.9 Å². The van der Waals surface area contributed by atoms with Crippen molar-refractivity contribution in [2.45, 2.75) is 0 Å². The predicted molar refractivity (Wildman–Crippen MR) is 97.9 cm³/mol. The van der Waals surface area contributed by atoms with Gasteiger partial charge in [-0.3, -0.25) is 0 Å². The fourth-order valence-corrected chi connectivity index (χ4v) is 3.28. The fraction of sp³-hybridized carbons (Fsp3) is 0. The van der Waals surface area contributed by atoms with Crippen LogP contribution in [0.25, 0.3) is 28.5 Å². The summed E-state index contributed by atoms with van der Waals surface area (Å²) in [4.78, 5) is 18.1. The maximum atomic E-state index is 14.6. The van der Waals surface area contributed by atoms with Gasteiger partial charge >= 0.3 is 5.69 Å². The zero-order chi connectivity index (χ0) is 30.1. The van der Waals surface area contributed by atoms with Crippen molar-refractivity contribution in [3.63, 3.8) is 0 Å². The van der Waals surface area contributed by atoms with Crippen molar-refractivity contribution in [3.05, 3.63) is 97.7 Å². The Kier molecular flexibility index (Phi) is 6.79. The minimum absolute atomic E-state index is 1.05. The van der Waals surface area contributed by atoms with Gasteiger partial charge in [-0.05, 0) is 0 Å². The average Bonchev–Trinajstić information content (AvgIpc) is 2.92. The van der Waals surface area contributed by atoms with Crippen LogP contribution >= 0.6 is 0 Å². The van der Waals surface area contributed by atoms with Crippen LogP contribution in [-0.4, -0.2) is 14.5 Å². The third kappa shape index (κ3) is 3.86. The molecule has 0 bridgehead atoms. The highest BCUT2D eigenvalue weighted by molar-refractivity contribution is 5.65. The normalized spacial score (nSPS) is 11.5. The van der Waals surface area contributed by atoms with Gasteiger partial charge in [-0.25, -0.2) is 80.2 Å². The van der Waals surface area contributed by atoms with E-state index in [9.17, 15) is 70.7 Å². The quantitative estimate of drug-likeness (QED) is 0.165. The predicted octanol–water partition coefficient (Wildman–Crippen LogP) is 6.05. The summed E-state index contributed by atoms with van der Waals surface area (Å²) in [5.41, 5.74) is -9.81. The van der Waals surface area contributed by atoms with Gasteiger partial charge in [0.05, 0.1) is 11.1 Å². The summed E-state index contributed by atoms with van der Waals surface area (Å²) >= 11 is 0. The molecule has 0 radical (unpaired) electrons. The van der Waals surface area contributed by atoms with Crippen LogP contribution in [0.5, 0.6) is 0 Å². The Hall–Kier alpha value is -4.58. The second-order valence-corrected chi connectivity index (χ2v) is 7.30. The summed E-state index contributed by atoms with van der Waals surface area (Å²) < 4.78 is 209. The first-order chi connectivity index (χ1) is 18.5. The van der Waals surface area contributed by atoms with E-state index < -0.39 is 126 Å². The lowest BCUT2D eigenvalue weighted by molar-refractivity contribution is 0.373. The molecule has 19 heteroatoms. The van der Waals surface area contributed by atoms with Gasteiger partial charge in [0, 0.05) is 0 Å². The number of rotatable bonds is 3. The molecule has 1 aromatic heterocycles. The molecule has 0 spiro atoms. The molecule has 3 aromatic carbocycles. The Labute approximate surface area is 207 Å². The van der Waals surface area contributed by atoms with E-state index in [4.69, 9.17) is 0 Å². The minimum atomic E-state index is -2.93. The molecule has 4 rings (SSSR count). The van der Waals surface area contributed by atoms with E-state index in [0.29, 0.717) is 0 Å². The molecular formula is C21F15N3O. The zero-order valence-electron chi connectivity index (χ0n) is 17.9. The summed E-state index contributed by atoms with van der Waals surface area (Å²) in [5.74, 6) is -47.3. The van der Waals surface area contributed by atoms with Gasteiger partial charge in [0.1, 0.15) is 5.69 Å². The SMILES string of the molecule is O=c1nc(-c2c(F)c(F)c(F)c(F)c2F)nc(-c2c(F)c(F)c(F)c(F)c2F)n1-c1c(F)c(F)c(F)c(F)c1F. The molecule has 1 heterocycles. The van der Waals surface area contributed by atoms with Crippen molar-refractivity contribution in [1.82, 2.24) is 14.5 Å². The highest BCUT2D eigenvalue weighted by Crippen LogP contribution is 2.35. The largest absolute Gasteiger partial charge is 0.356 e. The highest BCUT2D eigenvalue weighted by Gasteiger charge is 2.36. The maximum absolute atomic E-state index is 14.6. The van der Waals surface area contributed by atoms with Crippen molar-refractivity contribution >= 4 is 0 Å². The molecule has 4 aromatic rings. The zero-order valence-corrected chi connectivity index (χ0v) is 17.9. The van der Waals surface area contributed by atoms with Crippen LogP contribution in [0.3, 0.4) is 0 Å². The molecule has 0 unspecified atom stereocenters. The standard InChI is InChI=1S/C21F15N3O/c22-3-1(4(23)8(27)11(30)7(3)26)19-37-20(2-5(24)9(28)12(31)10(29)6(2)25)39(21(40)38-19)18-16(35)14(33)13(32)15(34)17(18)36. The van der Waals surface area contributed by atoms with Gasteiger partial charge in [-0.15, -0.1) is 0 Å². The summed E-state index contributed by atoms with van der Waals surface area (Å²) in [5, 5.41) is 0. The number of hydrogen-bond acceptors (Lipinski definition) is 3. The van der Waals surface area contributed by atoms with Crippen molar-refractivity contribution in [3.8, 4) is 28.5 Å². The van der Waals surface area contributed by atoms with E-state index in [2.05, 4.69) is 9.97 Å². The third-order valence-corrected chi connectivity index (χ3v) is 5.09. The van der Waals surface area contributed by atoms with E-state index in [0.717, 1.165) is 0 Å². The van der Waals surface area contributed by atoms with Crippen LogP contribution in [0.15, 0.2) is 4.79 Å². The Morgan fingerprint density at radius 1 is 0.375 bits per heavy atom. The van der Waals surface area contributed by atoms with Crippen LogP contribution < -0.4 is 5.69 Å². The Morgan fingerprint density at radius 2 is 0.675 bits per heavy atom. The first-order valence-electron chi connectivity index (χ1n) is 9.60. The molecule has 0 amide bonds. The summed E-state index contributed by atoms with van der Waals surface area (Å²) in [6, 6.07) is 0. The molecule has 0 aliphatic rings. The Bertz CT molecular complexity index is 1750. The van der Waals surface area contributed by atoms with E-state index in [1.807, 2.05) is 0 Å². The molecule has 0 aliphatic carbocycles. The molecule has 210 valence electrons. The second kappa shape index (κ2) is 9.56. The molecule has 40 heavy (non-hydrogen) atoms. The smallest absolute Gasteiger partial charge is 0.245 e. The van der Waals surface area contributed by atoms with Gasteiger partial charge in [0.15, 0.2) is 81.5 Å². The van der Waals surface area contributed by atoms with E-state index in [-0.39, 0.29) is 0 Å². The average molecular weight is 595 g/mol. The Morgan fingerprint density at radius 3 is 1.05 bits per heavy atom. The van der Waals surface area contributed by atoms with Crippen molar-refractivity contribution in [2.24, 2.45) is 0 Å². The molecule has 0 saturated heterocycles. The summed E-state index contributed by atoms with van der Waals surface area (Å²) in [7, 11) is 0. The van der Waals surface area contributed by atoms with E-state index >= 15 is 0 Å². The van der Waals surface area contributed by atoms with E-state index in [1.54, 1.807) is 0 Å². The summed E-state index contributed by atoms with van der Waals surface area (Å²) in [6.07, 6.45) is 0. The van der Waals surface area contributed by atoms with Crippen molar-refractivity contribution in [1.29, 1.82) is 0 Å². The molecule has 0 fully saturated rings. The van der Waals surface area contributed by atoms with Gasteiger partial charge in [-0.1, -0.05) is 0 Å². The fourth-order valence-electron chi connectivity index (χ4n) is 3.28. The van der Waals surface area contributed by atoms with Gasteiger partial charge in [0.2, 0.25) is 17.5 Å². The van der Waals surface area contributed by atoms with Gasteiger partial charge in [0.25, 0.3) is 0 Å². The topological polar surface area (TPSA) is 47.8 Å². The Balaban J connectivity index is 2.30. The van der Waals surface area contributed by atoms with Crippen molar-refractivity contribution in [2.75, 3.05) is 0 Å². The van der Waals surface area contributed by atoms with Crippen molar-refractivity contribution < 1.29 is 65.9 Å². The second-order valence-electron chi connectivity index (χ2n) is 7.30. The van der Waals surface area contributed by atoms with E-state index in [1.165, 1.54) is 0 Å². The lowest BCUT2D eigenvalue weighted by atomic mass is 10.1. The first kappa shape index (κ1) is 28.4. The van der Waals surface area contributed by atoms with Gasteiger partial charge in [-0.2, -0.15) is 4.98 Å². The summed E-state index contributed by atoms with van der Waals surface area (Å²) in [6.45, 7) is 0. The first-order valence-corrected chi connectivity index (χ1v) is 9.60. The molecule has 0 saturated carbocycles. The molecule has 0 aliphatic heterocycles. The molecule has 0 atom stereocenters. The molecule has 0 N–H and O–H groups in total. The molecular weight excluding hydrogens is 595 g/mol. The van der Waals surface area contributed by atoms with Crippen LogP contribution in [0, 0.1) is 87.3 Å². The monoisotopic (exact) mass is 595 g/mol. The highest BCUT2D eigenvalue weighted by atomic mass is 19.2. The number of aromatic nitrogens is 3. The van der Waals surface area contributed by atoms with Gasteiger partial charge < -0.3 is 0 Å². The number of hydrogen-bond donors (Lipinski definition) is 0. The van der Waals surface area contributed by atoms with Crippen LogP contribution in [-0.2, 0) is 0 Å². The third-order valence-electron chi connectivity index (χ3n) is 5.09. The van der Waals surface area contributed by atoms with Crippen LogP contribution in [0.2, 0.25) is 0 Å². The number of nitrogens with zero attached hydrogens (tertiary/aromatic N) is 3.